The van der Waals surface area contributed by atoms with Gasteiger partial charge in [0.25, 0.3) is 0 Å². The van der Waals surface area contributed by atoms with Crippen molar-refractivity contribution in [3.05, 3.63) is 53.1 Å². The first-order valence-corrected chi connectivity index (χ1v) is 12.7. The topological polar surface area (TPSA) is 119 Å². The van der Waals surface area contributed by atoms with Crippen LogP contribution in [0.2, 0.25) is 0 Å². The van der Waals surface area contributed by atoms with Crippen molar-refractivity contribution in [1.29, 1.82) is 0 Å². The maximum absolute atomic E-state index is 14.4. The van der Waals surface area contributed by atoms with Gasteiger partial charge in [-0.2, -0.15) is 0 Å². The number of methoxy groups -OCH3 is 3. The SMILES string of the molecule is COC(=O)C1=C(c2ccc(OC)c(OC)c2)O[C@@H](c2ccc3c(c2)OCO3)[C@@H]1C(=O)N1C(=O)OC[C@@H]1C(C)(C)C. The number of cyclic esters (lactones) is 1. The van der Waals surface area contributed by atoms with E-state index in [-0.39, 0.29) is 24.7 Å². The first-order chi connectivity index (χ1) is 19.1. The summed E-state index contributed by atoms with van der Waals surface area (Å²) < 4.78 is 38.7. The third kappa shape index (κ3) is 4.55. The second-order valence-corrected chi connectivity index (χ2v) is 10.6. The molecule has 0 saturated carbocycles. The quantitative estimate of drug-likeness (QED) is 0.484. The lowest BCUT2D eigenvalue weighted by molar-refractivity contribution is -0.142. The smallest absolute Gasteiger partial charge is 0.417 e. The third-order valence-corrected chi connectivity index (χ3v) is 7.26. The Morgan fingerprint density at radius 3 is 2.33 bits per heavy atom. The molecule has 0 aromatic heterocycles. The highest BCUT2D eigenvalue weighted by Crippen LogP contribution is 2.50. The summed E-state index contributed by atoms with van der Waals surface area (Å²) in [5.41, 5.74) is 0.473. The molecule has 0 N–H and O–H groups in total. The van der Waals surface area contributed by atoms with Crippen molar-refractivity contribution in [3.63, 3.8) is 0 Å². The van der Waals surface area contributed by atoms with Gasteiger partial charge in [-0.1, -0.05) is 26.8 Å². The maximum atomic E-state index is 14.4. The molecule has 0 radical (unpaired) electrons. The van der Waals surface area contributed by atoms with E-state index in [0.717, 1.165) is 4.90 Å². The molecule has 0 spiro atoms. The van der Waals surface area contributed by atoms with Crippen molar-refractivity contribution < 1.29 is 47.5 Å². The first kappa shape index (κ1) is 27.2. The van der Waals surface area contributed by atoms with E-state index in [1.165, 1.54) is 21.3 Å². The molecule has 11 heteroatoms. The Hall–Kier alpha value is -4.41. The molecule has 1 saturated heterocycles. The molecule has 2 aromatic rings. The van der Waals surface area contributed by atoms with Gasteiger partial charge < -0.3 is 33.2 Å². The van der Waals surface area contributed by atoms with Crippen LogP contribution in [0.15, 0.2) is 42.0 Å². The largest absolute Gasteiger partial charge is 0.493 e. The van der Waals surface area contributed by atoms with E-state index in [1.807, 2.05) is 20.8 Å². The number of hydrogen-bond donors (Lipinski definition) is 0. The van der Waals surface area contributed by atoms with E-state index in [9.17, 15) is 14.4 Å². The number of rotatable bonds is 6. The van der Waals surface area contributed by atoms with E-state index in [1.54, 1.807) is 36.4 Å². The molecule has 11 nitrogen and oxygen atoms in total. The van der Waals surface area contributed by atoms with E-state index in [0.29, 0.717) is 34.1 Å². The molecule has 0 unspecified atom stereocenters. The number of benzene rings is 2. The van der Waals surface area contributed by atoms with Gasteiger partial charge >= 0.3 is 12.1 Å². The molecule has 3 atom stereocenters. The lowest BCUT2D eigenvalue weighted by Crippen LogP contribution is -2.49. The fraction of sp³-hybridized carbons (Fsp3) is 0.414. The minimum absolute atomic E-state index is 0.0326. The number of nitrogens with zero attached hydrogens (tertiary/aromatic N) is 1. The highest BCUT2D eigenvalue weighted by atomic mass is 16.7. The number of amides is 2. The summed E-state index contributed by atoms with van der Waals surface area (Å²) in [7, 11) is 4.22. The Morgan fingerprint density at radius 2 is 1.65 bits per heavy atom. The summed E-state index contributed by atoms with van der Waals surface area (Å²) in [5.74, 6) is -0.656. The number of carbonyl (C=O) groups excluding carboxylic acids is 3. The van der Waals surface area contributed by atoms with Gasteiger partial charge in [-0.3, -0.25) is 4.79 Å². The lowest BCUT2D eigenvalue weighted by atomic mass is 9.84. The number of imide groups is 1. The standard InChI is InChI=1S/C29H31NO10/c1-29(2,3)21-13-37-28(33)30(21)26(31)22-23(27(32)36-6)25(15-7-9-17(34-4)19(11-15)35-5)40-24(22)16-8-10-18-20(12-16)39-14-38-18/h7-12,21-22,24H,13-14H2,1-6H3/t21-,22-,24+/m1/s1. The maximum Gasteiger partial charge on any atom is 0.417 e. The zero-order chi connectivity index (χ0) is 28.8. The number of hydrogen-bond acceptors (Lipinski definition) is 10. The van der Waals surface area contributed by atoms with Crippen LogP contribution in [0.4, 0.5) is 4.79 Å². The summed E-state index contributed by atoms with van der Waals surface area (Å²) in [4.78, 5) is 41.8. The number of esters is 1. The Balaban J connectivity index is 1.68. The van der Waals surface area contributed by atoms with Crippen LogP contribution in [-0.4, -0.2) is 63.6 Å². The second kappa shape index (κ2) is 10.3. The fourth-order valence-electron chi connectivity index (χ4n) is 5.14. The Morgan fingerprint density at radius 1 is 0.925 bits per heavy atom. The number of carbonyl (C=O) groups is 3. The summed E-state index contributed by atoms with van der Waals surface area (Å²) >= 11 is 0. The zero-order valence-electron chi connectivity index (χ0n) is 23.1. The second-order valence-electron chi connectivity index (χ2n) is 10.6. The van der Waals surface area contributed by atoms with Crippen molar-refractivity contribution in [2.75, 3.05) is 34.7 Å². The van der Waals surface area contributed by atoms with E-state index in [4.69, 9.17) is 33.2 Å². The molecule has 0 aliphatic carbocycles. The van der Waals surface area contributed by atoms with Gasteiger partial charge in [0.05, 0.1) is 32.9 Å². The van der Waals surface area contributed by atoms with Crippen molar-refractivity contribution in [2.45, 2.75) is 32.9 Å². The normalized spacial score (nSPS) is 21.7. The Bertz CT molecular complexity index is 1390. The first-order valence-electron chi connectivity index (χ1n) is 12.7. The minimum atomic E-state index is -1.24. The van der Waals surface area contributed by atoms with Gasteiger partial charge in [-0.15, -0.1) is 0 Å². The van der Waals surface area contributed by atoms with E-state index in [2.05, 4.69) is 0 Å². The van der Waals surface area contributed by atoms with Gasteiger partial charge in [-0.05, 0) is 41.3 Å². The lowest BCUT2D eigenvalue weighted by Gasteiger charge is -2.33. The van der Waals surface area contributed by atoms with Gasteiger partial charge in [0.2, 0.25) is 12.7 Å². The highest BCUT2D eigenvalue weighted by molar-refractivity contribution is 6.07. The van der Waals surface area contributed by atoms with Crippen LogP contribution in [-0.2, 0) is 23.8 Å². The monoisotopic (exact) mass is 553 g/mol. The molecule has 5 rings (SSSR count). The van der Waals surface area contributed by atoms with Gasteiger partial charge in [0.1, 0.15) is 24.4 Å². The van der Waals surface area contributed by atoms with Crippen LogP contribution in [0.1, 0.15) is 38.0 Å². The average molecular weight is 554 g/mol. The van der Waals surface area contributed by atoms with E-state index < -0.39 is 41.4 Å². The average Bonchev–Trinajstić information content (AvgIpc) is 3.67. The van der Waals surface area contributed by atoms with Crippen LogP contribution in [0, 0.1) is 11.3 Å². The predicted molar refractivity (Wildman–Crippen MR) is 140 cm³/mol. The van der Waals surface area contributed by atoms with Crippen molar-refractivity contribution in [2.24, 2.45) is 11.3 Å². The molecule has 3 aliphatic rings. The molecule has 3 heterocycles. The molecule has 0 bridgehead atoms. The van der Waals surface area contributed by atoms with Crippen molar-refractivity contribution in [3.8, 4) is 23.0 Å². The predicted octanol–water partition coefficient (Wildman–Crippen LogP) is 4.10. The highest BCUT2D eigenvalue weighted by Gasteiger charge is 2.53. The van der Waals surface area contributed by atoms with Gasteiger partial charge in [0, 0.05) is 5.56 Å². The summed E-state index contributed by atoms with van der Waals surface area (Å²) in [6.45, 7) is 5.82. The van der Waals surface area contributed by atoms with Gasteiger partial charge in [0.15, 0.2) is 23.0 Å². The van der Waals surface area contributed by atoms with Crippen LogP contribution in [0.5, 0.6) is 23.0 Å². The van der Waals surface area contributed by atoms with Crippen LogP contribution in [0.3, 0.4) is 0 Å². The fourth-order valence-corrected chi connectivity index (χ4v) is 5.14. The Kier molecular flexibility index (Phi) is 6.99. The number of fused-ring (bicyclic) bond motifs is 1. The zero-order valence-corrected chi connectivity index (χ0v) is 23.1. The summed E-state index contributed by atoms with van der Waals surface area (Å²) in [6.07, 6.45) is -1.79. The number of ether oxygens (including phenoxy) is 7. The molecule has 2 amide bonds. The molecule has 2 aromatic carbocycles. The van der Waals surface area contributed by atoms with Gasteiger partial charge in [-0.25, -0.2) is 14.5 Å². The third-order valence-electron chi connectivity index (χ3n) is 7.26. The Labute approximate surface area is 231 Å². The van der Waals surface area contributed by atoms with Crippen LogP contribution >= 0.6 is 0 Å². The minimum Gasteiger partial charge on any atom is -0.493 e. The van der Waals surface area contributed by atoms with E-state index >= 15 is 0 Å². The molecule has 40 heavy (non-hydrogen) atoms. The summed E-state index contributed by atoms with van der Waals surface area (Å²) in [6, 6.07) is 9.56. The molecule has 3 aliphatic heterocycles. The van der Waals surface area contributed by atoms with Crippen molar-refractivity contribution >= 4 is 23.7 Å². The van der Waals surface area contributed by atoms with Crippen LogP contribution in [0.25, 0.3) is 5.76 Å². The molecular formula is C29H31NO10. The molecule has 212 valence electrons. The van der Waals surface area contributed by atoms with Crippen molar-refractivity contribution in [1.82, 2.24) is 4.90 Å². The van der Waals surface area contributed by atoms with Crippen LogP contribution < -0.4 is 18.9 Å². The molecule has 1 fully saturated rings. The molecular weight excluding hydrogens is 522 g/mol. The summed E-state index contributed by atoms with van der Waals surface area (Å²) in [5, 5.41) is 0.